The van der Waals surface area contributed by atoms with E-state index in [0.29, 0.717) is 5.13 Å². The Balaban J connectivity index is 2.46. The van der Waals surface area contributed by atoms with Gasteiger partial charge in [0.2, 0.25) is 0 Å². The Kier molecular flexibility index (Phi) is 2.73. The molecular formula is C10H14N4S. The van der Waals surface area contributed by atoms with Crippen molar-refractivity contribution in [2.24, 2.45) is 0 Å². The second kappa shape index (κ2) is 4.02. The van der Waals surface area contributed by atoms with Crippen molar-refractivity contribution in [1.82, 2.24) is 14.8 Å². The highest BCUT2D eigenvalue weighted by atomic mass is 32.1. The largest absolute Gasteiger partial charge is 0.375 e. The smallest absolute Gasteiger partial charge is 0.180 e. The molecule has 0 aliphatic heterocycles. The van der Waals surface area contributed by atoms with Gasteiger partial charge in [-0.25, -0.2) is 4.98 Å². The Hall–Kier alpha value is -1.36. The Morgan fingerprint density at radius 1 is 1.47 bits per heavy atom. The lowest BCUT2D eigenvalue weighted by molar-refractivity contribution is 0.654. The van der Waals surface area contributed by atoms with Crippen LogP contribution >= 0.6 is 11.3 Å². The monoisotopic (exact) mass is 222 g/mol. The van der Waals surface area contributed by atoms with Gasteiger partial charge in [-0.05, 0) is 19.4 Å². The van der Waals surface area contributed by atoms with E-state index in [2.05, 4.69) is 30.0 Å². The van der Waals surface area contributed by atoms with Crippen LogP contribution in [0.25, 0.3) is 11.4 Å². The van der Waals surface area contributed by atoms with E-state index in [1.54, 1.807) is 0 Å². The SMILES string of the molecule is CCc1cc(-c2csc(N)n2)n(CC)n1. The van der Waals surface area contributed by atoms with Crippen molar-refractivity contribution in [3.8, 4) is 11.4 Å². The first-order valence-corrected chi connectivity index (χ1v) is 5.90. The fourth-order valence-corrected chi connectivity index (χ4v) is 2.05. The third-order valence-corrected chi connectivity index (χ3v) is 2.95. The van der Waals surface area contributed by atoms with E-state index in [4.69, 9.17) is 5.73 Å². The molecule has 2 rings (SSSR count). The summed E-state index contributed by atoms with van der Waals surface area (Å²) in [5.41, 5.74) is 8.70. The van der Waals surface area contributed by atoms with Crippen molar-refractivity contribution in [3.05, 3.63) is 17.1 Å². The van der Waals surface area contributed by atoms with Crippen molar-refractivity contribution < 1.29 is 0 Å². The van der Waals surface area contributed by atoms with E-state index < -0.39 is 0 Å². The van der Waals surface area contributed by atoms with Crippen LogP contribution in [-0.2, 0) is 13.0 Å². The molecule has 0 fully saturated rings. The van der Waals surface area contributed by atoms with Crippen LogP contribution in [-0.4, -0.2) is 14.8 Å². The number of nitrogens with two attached hydrogens (primary N) is 1. The molecule has 0 bridgehead atoms. The fraction of sp³-hybridized carbons (Fsp3) is 0.400. The number of aryl methyl sites for hydroxylation is 2. The van der Waals surface area contributed by atoms with Crippen LogP contribution in [0.1, 0.15) is 19.5 Å². The second-order valence-corrected chi connectivity index (χ2v) is 4.15. The van der Waals surface area contributed by atoms with Crippen LogP contribution in [0.4, 0.5) is 5.13 Å². The third kappa shape index (κ3) is 1.87. The van der Waals surface area contributed by atoms with Crippen molar-refractivity contribution >= 4 is 16.5 Å². The Labute approximate surface area is 92.8 Å². The predicted octanol–water partition coefficient (Wildman–Crippen LogP) is 2.17. The average molecular weight is 222 g/mol. The summed E-state index contributed by atoms with van der Waals surface area (Å²) < 4.78 is 1.97. The normalized spacial score (nSPS) is 10.8. The van der Waals surface area contributed by atoms with Crippen LogP contribution in [0, 0.1) is 0 Å². The minimum atomic E-state index is 0.604. The maximum absolute atomic E-state index is 5.62. The molecule has 2 aromatic heterocycles. The minimum Gasteiger partial charge on any atom is -0.375 e. The average Bonchev–Trinajstić information content (AvgIpc) is 2.82. The molecule has 0 saturated heterocycles. The standard InChI is InChI=1S/C10H14N4S/c1-3-7-5-9(14(4-2)13-7)8-6-15-10(11)12-8/h5-6H,3-4H2,1-2H3,(H2,11,12). The van der Waals surface area contributed by atoms with Gasteiger partial charge in [-0.1, -0.05) is 6.92 Å². The van der Waals surface area contributed by atoms with Crippen LogP contribution in [0.15, 0.2) is 11.4 Å². The van der Waals surface area contributed by atoms with Crippen molar-refractivity contribution in [3.63, 3.8) is 0 Å². The molecule has 0 aliphatic rings. The first-order chi connectivity index (χ1) is 7.24. The van der Waals surface area contributed by atoms with Crippen LogP contribution in [0.5, 0.6) is 0 Å². The number of hydrogen-bond acceptors (Lipinski definition) is 4. The van der Waals surface area contributed by atoms with E-state index in [1.807, 2.05) is 10.1 Å². The number of nitrogen functional groups attached to an aromatic ring is 1. The molecule has 15 heavy (non-hydrogen) atoms. The zero-order valence-corrected chi connectivity index (χ0v) is 9.71. The maximum Gasteiger partial charge on any atom is 0.180 e. The molecule has 2 aromatic rings. The van der Waals surface area contributed by atoms with E-state index >= 15 is 0 Å². The number of nitrogens with zero attached hydrogens (tertiary/aromatic N) is 3. The summed E-state index contributed by atoms with van der Waals surface area (Å²) in [7, 11) is 0. The van der Waals surface area contributed by atoms with Gasteiger partial charge in [0, 0.05) is 11.9 Å². The van der Waals surface area contributed by atoms with Crippen LogP contribution in [0.2, 0.25) is 0 Å². The molecule has 0 unspecified atom stereocenters. The first kappa shape index (κ1) is 10.2. The molecule has 2 N–H and O–H groups in total. The fourth-order valence-electron chi connectivity index (χ4n) is 1.50. The number of anilines is 1. The molecular weight excluding hydrogens is 208 g/mol. The summed E-state index contributed by atoms with van der Waals surface area (Å²) in [6.45, 7) is 5.03. The lowest BCUT2D eigenvalue weighted by atomic mass is 10.2. The maximum atomic E-state index is 5.62. The molecule has 0 atom stereocenters. The molecule has 0 spiro atoms. The van der Waals surface area contributed by atoms with Gasteiger partial charge in [0.05, 0.1) is 11.4 Å². The Morgan fingerprint density at radius 2 is 2.27 bits per heavy atom. The highest BCUT2D eigenvalue weighted by Gasteiger charge is 2.10. The number of hydrogen-bond donors (Lipinski definition) is 1. The van der Waals surface area contributed by atoms with Gasteiger partial charge in [0.1, 0.15) is 5.69 Å². The third-order valence-electron chi connectivity index (χ3n) is 2.28. The molecule has 0 aromatic carbocycles. The molecule has 80 valence electrons. The van der Waals surface area contributed by atoms with Gasteiger partial charge in [0.15, 0.2) is 5.13 Å². The van der Waals surface area contributed by atoms with Crippen LogP contribution < -0.4 is 5.73 Å². The minimum absolute atomic E-state index is 0.604. The van der Waals surface area contributed by atoms with Gasteiger partial charge in [-0.2, -0.15) is 5.10 Å². The number of rotatable bonds is 3. The summed E-state index contributed by atoms with van der Waals surface area (Å²) in [5, 5.41) is 7.05. The van der Waals surface area contributed by atoms with Gasteiger partial charge < -0.3 is 5.73 Å². The molecule has 0 aliphatic carbocycles. The summed E-state index contributed by atoms with van der Waals surface area (Å²) >= 11 is 1.46. The van der Waals surface area contributed by atoms with E-state index in [0.717, 1.165) is 30.0 Å². The molecule has 0 amide bonds. The quantitative estimate of drug-likeness (QED) is 0.866. The molecule has 0 radical (unpaired) electrons. The van der Waals surface area contributed by atoms with E-state index in [9.17, 15) is 0 Å². The molecule has 5 heteroatoms. The lowest BCUT2D eigenvalue weighted by Gasteiger charge is -1.99. The van der Waals surface area contributed by atoms with Crippen molar-refractivity contribution in [1.29, 1.82) is 0 Å². The van der Waals surface area contributed by atoms with Gasteiger partial charge in [-0.3, -0.25) is 4.68 Å². The number of thiazole rings is 1. The van der Waals surface area contributed by atoms with Crippen molar-refractivity contribution in [2.75, 3.05) is 5.73 Å². The van der Waals surface area contributed by atoms with Crippen LogP contribution in [0.3, 0.4) is 0 Å². The molecule has 0 saturated carbocycles. The topological polar surface area (TPSA) is 56.7 Å². The lowest BCUT2D eigenvalue weighted by Crippen LogP contribution is -1.99. The summed E-state index contributed by atoms with van der Waals surface area (Å²) in [5.74, 6) is 0. The summed E-state index contributed by atoms with van der Waals surface area (Å²) in [6.07, 6.45) is 0.944. The Morgan fingerprint density at radius 3 is 2.80 bits per heavy atom. The predicted molar refractivity (Wildman–Crippen MR) is 62.8 cm³/mol. The highest BCUT2D eigenvalue weighted by Crippen LogP contribution is 2.24. The molecule has 2 heterocycles. The van der Waals surface area contributed by atoms with Gasteiger partial charge in [-0.15, -0.1) is 11.3 Å². The second-order valence-electron chi connectivity index (χ2n) is 3.26. The summed E-state index contributed by atoms with van der Waals surface area (Å²) in [4.78, 5) is 4.27. The molecule has 4 nitrogen and oxygen atoms in total. The highest BCUT2D eigenvalue weighted by molar-refractivity contribution is 7.13. The van der Waals surface area contributed by atoms with E-state index in [1.165, 1.54) is 11.3 Å². The van der Waals surface area contributed by atoms with Crippen molar-refractivity contribution in [2.45, 2.75) is 26.8 Å². The summed E-state index contributed by atoms with van der Waals surface area (Å²) in [6, 6.07) is 2.08. The number of aromatic nitrogens is 3. The van der Waals surface area contributed by atoms with E-state index in [-0.39, 0.29) is 0 Å². The zero-order valence-electron chi connectivity index (χ0n) is 8.90. The van der Waals surface area contributed by atoms with Gasteiger partial charge in [0.25, 0.3) is 0 Å². The van der Waals surface area contributed by atoms with Gasteiger partial charge >= 0.3 is 0 Å². The first-order valence-electron chi connectivity index (χ1n) is 5.02. The Bertz CT molecular complexity index is 458. The zero-order chi connectivity index (χ0) is 10.8.